The molecule has 0 rings (SSSR count). The highest BCUT2D eigenvalue weighted by molar-refractivity contribution is 14.1. The van der Waals surface area contributed by atoms with Gasteiger partial charge in [0, 0.05) is 0 Å². The fraction of sp³-hybridized carbons (Fsp3) is 0.333. The van der Waals surface area contributed by atoms with Crippen LogP contribution in [0, 0.1) is 0 Å². The Bertz CT molecular complexity index is 46.1. The van der Waals surface area contributed by atoms with Crippen molar-refractivity contribution in [1.29, 1.82) is 0 Å². The van der Waals surface area contributed by atoms with Gasteiger partial charge >= 0.3 is 0 Å². The summed E-state index contributed by atoms with van der Waals surface area (Å²) in [6, 6.07) is 0. The van der Waals surface area contributed by atoms with Crippen LogP contribution >= 0.6 is 22.6 Å². The zero-order chi connectivity index (χ0) is 4.99. The minimum absolute atomic E-state index is 1.000. The van der Waals surface area contributed by atoms with Crippen LogP contribution < -0.4 is 5.32 Å². The molecule has 0 saturated heterocycles. The minimum Gasteiger partial charge on any atom is -0.355 e. The summed E-state index contributed by atoms with van der Waals surface area (Å²) in [4.78, 5) is 0. The Labute approximate surface area is 49.8 Å². The fourth-order valence-electron chi connectivity index (χ4n) is 0.0891. The molecule has 0 amide bonds. The number of alkyl halides is 2. The van der Waals surface area contributed by atoms with E-state index in [1.165, 1.54) is 6.20 Å². The van der Waals surface area contributed by atoms with Crippen LogP contribution in [0.2, 0.25) is 0 Å². The second-order valence-electron chi connectivity index (χ2n) is 0.671. The summed E-state index contributed by atoms with van der Waals surface area (Å²) in [7, 11) is 0. The summed E-state index contributed by atoms with van der Waals surface area (Å²) in [5, 5.41) is 2.29. The highest BCUT2D eigenvalue weighted by Gasteiger charge is 1.86. The summed E-state index contributed by atoms with van der Waals surface area (Å²) >= 11 is 1.59. The summed E-state index contributed by atoms with van der Waals surface area (Å²) in [6.45, 7) is 3.24. The molecule has 0 aromatic rings. The molecule has 0 radical (unpaired) electrons. The van der Waals surface area contributed by atoms with Gasteiger partial charge in [-0.15, -0.1) is 0 Å². The van der Waals surface area contributed by atoms with Gasteiger partial charge in [0.15, 0.2) is 0 Å². The van der Waals surface area contributed by atoms with Gasteiger partial charge in [-0.3, -0.25) is 0 Å². The molecule has 36 valence electrons. The SMILES string of the molecule is C=CNC(F)I. The molecule has 1 atom stereocenters. The van der Waals surface area contributed by atoms with E-state index in [2.05, 4.69) is 11.9 Å². The van der Waals surface area contributed by atoms with Crippen molar-refractivity contribution in [3.8, 4) is 0 Å². The summed E-state index contributed by atoms with van der Waals surface area (Å²) in [5.41, 5.74) is 0. The van der Waals surface area contributed by atoms with Crippen molar-refractivity contribution in [1.82, 2.24) is 5.32 Å². The zero-order valence-electron chi connectivity index (χ0n) is 3.12. The predicted molar refractivity (Wildman–Crippen MR) is 32.2 cm³/mol. The molecule has 1 unspecified atom stereocenters. The molecule has 0 aliphatic heterocycles. The lowest BCUT2D eigenvalue weighted by Crippen LogP contribution is -2.08. The summed E-state index contributed by atoms with van der Waals surface area (Å²) in [5.74, 6) is 0. The van der Waals surface area contributed by atoms with Crippen LogP contribution in [-0.2, 0) is 0 Å². The lowest BCUT2D eigenvalue weighted by atomic mass is 11.0. The van der Waals surface area contributed by atoms with Crippen LogP contribution in [0.25, 0.3) is 0 Å². The normalized spacial score (nSPS) is 13.0. The van der Waals surface area contributed by atoms with Gasteiger partial charge in [0.05, 0.1) is 0 Å². The number of rotatable bonds is 2. The van der Waals surface area contributed by atoms with Crippen LogP contribution in [0.4, 0.5) is 4.39 Å². The third-order valence-corrected chi connectivity index (χ3v) is 0.603. The molecule has 0 fully saturated rings. The molecule has 6 heavy (non-hydrogen) atoms. The van der Waals surface area contributed by atoms with Gasteiger partial charge in [-0.25, -0.2) is 4.39 Å². The van der Waals surface area contributed by atoms with Crippen LogP contribution in [0.1, 0.15) is 0 Å². The average Bonchev–Trinajstić information content (AvgIpc) is 1.35. The van der Waals surface area contributed by atoms with Gasteiger partial charge in [-0.2, -0.15) is 0 Å². The first-order valence-corrected chi connectivity index (χ1v) is 2.67. The van der Waals surface area contributed by atoms with Crippen molar-refractivity contribution < 1.29 is 4.39 Å². The van der Waals surface area contributed by atoms with Gasteiger partial charge in [0.25, 0.3) is 0 Å². The van der Waals surface area contributed by atoms with Gasteiger partial charge in [-0.1, -0.05) is 6.58 Å². The Balaban J connectivity index is 2.81. The molecule has 0 bridgehead atoms. The first kappa shape index (κ1) is 6.20. The molecule has 0 aromatic heterocycles. The molecule has 1 N–H and O–H groups in total. The highest BCUT2D eigenvalue weighted by Crippen LogP contribution is 1.93. The Kier molecular flexibility index (Phi) is 3.51. The van der Waals surface area contributed by atoms with Crippen molar-refractivity contribution in [2.24, 2.45) is 0 Å². The van der Waals surface area contributed by atoms with Crippen molar-refractivity contribution in [3.05, 3.63) is 12.8 Å². The van der Waals surface area contributed by atoms with E-state index in [1.54, 1.807) is 22.6 Å². The van der Waals surface area contributed by atoms with Crippen LogP contribution in [0.15, 0.2) is 12.8 Å². The van der Waals surface area contributed by atoms with Crippen LogP contribution in [0.3, 0.4) is 0 Å². The Morgan fingerprint density at radius 2 is 2.50 bits per heavy atom. The van der Waals surface area contributed by atoms with Crippen molar-refractivity contribution in [2.75, 3.05) is 0 Å². The molecule has 3 heteroatoms. The van der Waals surface area contributed by atoms with E-state index in [0.717, 1.165) is 0 Å². The molecular weight excluding hydrogens is 196 g/mol. The minimum atomic E-state index is -1.000. The van der Waals surface area contributed by atoms with E-state index >= 15 is 0 Å². The number of hydrogen-bond acceptors (Lipinski definition) is 1. The smallest absolute Gasteiger partial charge is 0.220 e. The average molecular weight is 201 g/mol. The van der Waals surface area contributed by atoms with Crippen LogP contribution in [-0.4, -0.2) is 4.30 Å². The van der Waals surface area contributed by atoms with Gasteiger partial charge in [0.2, 0.25) is 4.30 Å². The van der Waals surface area contributed by atoms with E-state index < -0.39 is 4.30 Å². The Morgan fingerprint density at radius 1 is 2.00 bits per heavy atom. The molecule has 1 nitrogen and oxygen atoms in total. The van der Waals surface area contributed by atoms with E-state index in [-0.39, 0.29) is 0 Å². The van der Waals surface area contributed by atoms with Crippen molar-refractivity contribution in [2.45, 2.75) is 4.30 Å². The van der Waals surface area contributed by atoms with Gasteiger partial charge in [0.1, 0.15) is 0 Å². The molecule has 0 aliphatic carbocycles. The maximum absolute atomic E-state index is 11.5. The second-order valence-corrected chi connectivity index (χ2v) is 1.77. The third-order valence-electron chi connectivity index (χ3n) is 0.244. The maximum Gasteiger partial charge on any atom is 0.220 e. The zero-order valence-corrected chi connectivity index (χ0v) is 5.28. The lowest BCUT2D eigenvalue weighted by Gasteiger charge is -1.92. The first-order valence-electron chi connectivity index (χ1n) is 1.42. The predicted octanol–water partition coefficient (Wildman–Crippen LogP) is 1.41. The number of nitrogens with one attached hydrogen (secondary N) is 1. The third kappa shape index (κ3) is 4.20. The van der Waals surface area contributed by atoms with Gasteiger partial charge < -0.3 is 5.32 Å². The Morgan fingerprint density at radius 3 is 2.50 bits per heavy atom. The molecule has 0 saturated carbocycles. The quantitative estimate of drug-likeness (QED) is 0.404. The molecule has 0 spiro atoms. The summed E-state index contributed by atoms with van der Waals surface area (Å²) < 4.78 is 10.5. The highest BCUT2D eigenvalue weighted by atomic mass is 127. The van der Waals surface area contributed by atoms with E-state index in [9.17, 15) is 4.39 Å². The molecular formula is C3H5FIN. The standard InChI is InChI=1S/C3H5FIN/c1-2-6-3(4)5/h2-3,6H,1H2. The van der Waals surface area contributed by atoms with Crippen LogP contribution in [0.5, 0.6) is 0 Å². The maximum atomic E-state index is 11.5. The van der Waals surface area contributed by atoms with Crippen molar-refractivity contribution >= 4 is 22.6 Å². The Hall–Kier alpha value is 0.200. The van der Waals surface area contributed by atoms with Crippen molar-refractivity contribution in [3.63, 3.8) is 0 Å². The molecule has 0 aromatic carbocycles. The number of hydrogen-bond donors (Lipinski definition) is 1. The monoisotopic (exact) mass is 201 g/mol. The molecule has 0 heterocycles. The van der Waals surface area contributed by atoms with E-state index in [4.69, 9.17) is 0 Å². The summed E-state index contributed by atoms with van der Waals surface area (Å²) in [6.07, 6.45) is 1.32. The lowest BCUT2D eigenvalue weighted by molar-refractivity contribution is 0.441. The molecule has 0 aliphatic rings. The second kappa shape index (κ2) is 3.39. The van der Waals surface area contributed by atoms with Gasteiger partial charge in [-0.05, 0) is 28.8 Å². The first-order chi connectivity index (χ1) is 2.77. The topological polar surface area (TPSA) is 12.0 Å². The fourth-order valence-corrected chi connectivity index (χ4v) is 0.343. The van der Waals surface area contributed by atoms with E-state index in [1.807, 2.05) is 0 Å². The largest absolute Gasteiger partial charge is 0.355 e. The number of halogens is 2. The van der Waals surface area contributed by atoms with E-state index in [0.29, 0.717) is 0 Å².